The van der Waals surface area contributed by atoms with Crippen LogP contribution in [0.4, 0.5) is 17.1 Å². The van der Waals surface area contributed by atoms with Crippen LogP contribution >= 0.6 is 0 Å². The predicted octanol–water partition coefficient (Wildman–Crippen LogP) is 3.76. The lowest BCUT2D eigenvalue weighted by molar-refractivity contribution is -0.384. The number of nitrogens with zero attached hydrogens (tertiary/aromatic N) is 2. The van der Waals surface area contributed by atoms with E-state index in [1.54, 1.807) is 30.3 Å². The van der Waals surface area contributed by atoms with Crippen LogP contribution in [-0.4, -0.2) is 19.1 Å². The lowest BCUT2D eigenvalue weighted by Crippen LogP contribution is -2.33. The fourth-order valence-corrected chi connectivity index (χ4v) is 4.52. The van der Waals surface area contributed by atoms with E-state index >= 15 is 0 Å². The molecule has 2 N–H and O–H groups in total. The van der Waals surface area contributed by atoms with Crippen LogP contribution in [-0.2, 0) is 10.0 Å². The average Bonchev–Trinajstić information content (AvgIpc) is 3.03. The van der Waals surface area contributed by atoms with Gasteiger partial charge in [0.05, 0.1) is 9.82 Å². The highest BCUT2D eigenvalue weighted by Gasteiger charge is 2.38. The van der Waals surface area contributed by atoms with E-state index in [9.17, 15) is 18.5 Å². The first-order chi connectivity index (χ1) is 13.4. The fourth-order valence-electron chi connectivity index (χ4n) is 3.44. The number of hydrazone groups is 1. The minimum atomic E-state index is -3.95. The van der Waals surface area contributed by atoms with Crippen molar-refractivity contribution in [1.82, 2.24) is 0 Å². The number of anilines is 2. The van der Waals surface area contributed by atoms with Gasteiger partial charge in [0, 0.05) is 23.4 Å². The van der Waals surface area contributed by atoms with Crippen molar-refractivity contribution in [2.24, 2.45) is 16.9 Å². The lowest BCUT2D eigenvalue weighted by atomic mass is 9.74. The smallest absolute Gasteiger partial charge is 0.280 e. The number of nitro groups is 1. The number of benzene rings is 2. The van der Waals surface area contributed by atoms with Gasteiger partial charge in [-0.15, -0.1) is 0 Å². The highest BCUT2D eigenvalue weighted by molar-refractivity contribution is 7.92. The Labute approximate surface area is 162 Å². The van der Waals surface area contributed by atoms with Gasteiger partial charge in [0.25, 0.3) is 15.7 Å². The van der Waals surface area contributed by atoms with E-state index in [1.807, 2.05) is 0 Å². The molecule has 9 heteroatoms. The van der Waals surface area contributed by atoms with Crippen molar-refractivity contribution < 1.29 is 13.3 Å². The van der Waals surface area contributed by atoms with Crippen LogP contribution in [0.3, 0.4) is 0 Å². The molecular formula is C19H18N4O4S. The maximum absolute atomic E-state index is 12.5. The largest absolute Gasteiger partial charge is 0.295 e. The maximum atomic E-state index is 12.5. The molecule has 0 spiro atoms. The number of hydrogen-bond donors (Lipinski definition) is 2. The van der Waals surface area contributed by atoms with Crippen LogP contribution < -0.4 is 10.1 Å². The van der Waals surface area contributed by atoms with E-state index in [-0.39, 0.29) is 16.3 Å². The number of hydrogen-bond acceptors (Lipinski definition) is 6. The van der Waals surface area contributed by atoms with E-state index in [0.29, 0.717) is 17.5 Å². The monoisotopic (exact) mass is 398 g/mol. The molecular weight excluding hydrogens is 380 g/mol. The second-order valence-corrected chi connectivity index (χ2v) is 8.46. The minimum Gasteiger partial charge on any atom is -0.280 e. The van der Waals surface area contributed by atoms with Gasteiger partial charge < -0.3 is 0 Å². The van der Waals surface area contributed by atoms with Crippen LogP contribution in [0.15, 0.2) is 70.7 Å². The van der Waals surface area contributed by atoms with Crippen molar-refractivity contribution >= 4 is 32.8 Å². The second kappa shape index (κ2) is 7.08. The maximum Gasteiger partial charge on any atom is 0.295 e. The number of rotatable bonds is 6. The molecule has 144 valence electrons. The molecule has 2 aliphatic carbocycles. The summed E-state index contributed by atoms with van der Waals surface area (Å²) in [4.78, 5) is 10.6. The third kappa shape index (κ3) is 3.48. The van der Waals surface area contributed by atoms with Crippen molar-refractivity contribution in [2.75, 3.05) is 10.1 Å². The van der Waals surface area contributed by atoms with Crippen molar-refractivity contribution in [2.45, 2.75) is 17.7 Å². The van der Waals surface area contributed by atoms with Crippen LogP contribution in [0.1, 0.15) is 12.8 Å². The Morgan fingerprint density at radius 2 is 1.93 bits per heavy atom. The van der Waals surface area contributed by atoms with Gasteiger partial charge in [-0.05, 0) is 43.0 Å². The molecule has 4 rings (SSSR count). The molecule has 8 nitrogen and oxygen atoms in total. The first-order valence-electron chi connectivity index (χ1n) is 8.79. The summed E-state index contributed by atoms with van der Waals surface area (Å²) in [6.45, 7) is 0. The van der Waals surface area contributed by atoms with Crippen molar-refractivity contribution in [3.8, 4) is 0 Å². The number of allylic oxidation sites excluding steroid dienone is 2. The van der Waals surface area contributed by atoms with Crippen LogP contribution in [0.5, 0.6) is 0 Å². The lowest BCUT2D eigenvalue weighted by Gasteiger charge is -2.31. The summed E-state index contributed by atoms with van der Waals surface area (Å²) in [5.74, 6) is 0.897. The highest BCUT2D eigenvalue weighted by Crippen LogP contribution is 2.40. The Morgan fingerprint density at radius 3 is 2.64 bits per heavy atom. The summed E-state index contributed by atoms with van der Waals surface area (Å²) in [6.07, 6.45) is 6.14. The zero-order valence-electron chi connectivity index (χ0n) is 14.8. The van der Waals surface area contributed by atoms with Gasteiger partial charge in [-0.25, -0.2) is 8.42 Å². The molecule has 0 bridgehead atoms. The molecule has 1 fully saturated rings. The number of fused-ring (bicyclic) bond motifs is 1. The Kier molecular flexibility index (Phi) is 4.60. The summed E-state index contributed by atoms with van der Waals surface area (Å²) in [5, 5.41) is 15.8. The van der Waals surface area contributed by atoms with Crippen LogP contribution in [0.2, 0.25) is 0 Å². The van der Waals surface area contributed by atoms with E-state index in [0.717, 1.165) is 24.6 Å². The molecule has 2 atom stereocenters. The topological polar surface area (TPSA) is 114 Å². The van der Waals surface area contributed by atoms with E-state index in [2.05, 4.69) is 27.4 Å². The Morgan fingerprint density at radius 1 is 1.14 bits per heavy atom. The minimum absolute atomic E-state index is 0.154. The normalized spacial score (nSPS) is 21.8. The molecule has 2 aromatic rings. The van der Waals surface area contributed by atoms with Crippen molar-refractivity contribution in [3.05, 3.63) is 70.8 Å². The van der Waals surface area contributed by atoms with Crippen LogP contribution in [0.25, 0.3) is 0 Å². The highest BCUT2D eigenvalue weighted by atomic mass is 32.2. The zero-order chi connectivity index (χ0) is 19.7. The summed E-state index contributed by atoms with van der Waals surface area (Å²) >= 11 is 0. The van der Waals surface area contributed by atoms with Gasteiger partial charge in [-0.3, -0.25) is 20.3 Å². The zero-order valence-corrected chi connectivity index (χ0v) is 15.6. The van der Waals surface area contributed by atoms with Gasteiger partial charge in [-0.2, -0.15) is 5.10 Å². The summed E-state index contributed by atoms with van der Waals surface area (Å²) in [6, 6.07) is 12.1. The molecule has 0 unspecified atom stereocenters. The molecule has 0 heterocycles. The third-order valence-corrected chi connectivity index (χ3v) is 6.35. The van der Waals surface area contributed by atoms with Gasteiger partial charge in [0.1, 0.15) is 5.69 Å². The summed E-state index contributed by atoms with van der Waals surface area (Å²) in [5.41, 5.74) is 3.87. The fraction of sp³-hybridized carbons (Fsp3) is 0.211. The Hall–Kier alpha value is -3.20. The van der Waals surface area contributed by atoms with Gasteiger partial charge in [0.2, 0.25) is 0 Å². The van der Waals surface area contributed by atoms with E-state index in [1.165, 1.54) is 12.1 Å². The summed E-state index contributed by atoms with van der Waals surface area (Å²) in [7, 11) is -3.95. The number of para-hydroxylation sites is 1. The third-order valence-electron chi connectivity index (χ3n) is 4.97. The quantitative estimate of drug-likeness (QED) is 0.437. The predicted molar refractivity (Wildman–Crippen MR) is 107 cm³/mol. The first-order valence-corrected chi connectivity index (χ1v) is 10.3. The summed E-state index contributed by atoms with van der Waals surface area (Å²) < 4.78 is 27.5. The molecule has 0 aliphatic heterocycles. The Bertz CT molecular complexity index is 1080. The number of sulfonamides is 1. The van der Waals surface area contributed by atoms with Crippen molar-refractivity contribution in [3.63, 3.8) is 0 Å². The molecule has 1 saturated carbocycles. The van der Waals surface area contributed by atoms with Gasteiger partial charge in [0.15, 0.2) is 0 Å². The number of nitrogens with one attached hydrogen (secondary N) is 2. The van der Waals surface area contributed by atoms with Gasteiger partial charge in [-0.1, -0.05) is 30.4 Å². The number of nitro benzene ring substituents is 1. The molecule has 0 radical (unpaired) electrons. The van der Waals surface area contributed by atoms with E-state index < -0.39 is 14.9 Å². The molecule has 28 heavy (non-hydrogen) atoms. The SMILES string of the molecule is O=[N+]([O-])c1cc(S(=O)(=O)Nc2ccccc2)ccc1N/N=C1/C[C@H]2CC=C[C@@H]12. The molecule has 2 aliphatic rings. The van der Waals surface area contributed by atoms with Gasteiger partial charge >= 0.3 is 0 Å². The molecule has 0 aromatic heterocycles. The van der Waals surface area contributed by atoms with Crippen LogP contribution in [0, 0.1) is 22.0 Å². The first kappa shape index (κ1) is 18.2. The van der Waals surface area contributed by atoms with E-state index in [4.69, 9.17) is 0 Å². The average molecular weight is 398 g/mol. The second-order valence-electron chi connectivity index (χ2n) is 6.78. The molecule has 2 aromatic carbocycles. The molecule has 0 saturated heterocycles. The molecule has 0 amide bonds. The Balaban J connectivity index is 1.57. The van der Waals surface area contributed by atoms with Crippen molar-refractivity contribution in [1.29, 1.82) is 0 Å². The standard InChI is InChI=1S/C19H18N4O4S/c24-23(25)19-12-15(28(26,27)22-14-6-2-1-3-7-14)9-10-17(19)20-21-18-11-13-5-4-8-16(13)18/h1-4,6-10,12-13,16,20,22H,5,11H2/b21-18-/t13-,16-/m1/s1.